The van der Waals surface area contributed by atoms with Crippen LogP contribution >= 0.6 is 39.0 Å². The molecular weight excluding hydrogens is 352 g/mol. The van der Waals surface area contributed by atoms with E-state index in [2.05, 4.69) is 64.0 Å². The molecule has 0 radical (unpaired) electrons. The quantitative estimate of drug-likeness (QED) is 0.461. The number of nitrogens with zero attached hydrogens (tertiary/aromatic N) is 2. The van der Waals surface area contributed by atoms with E-state index in [0.717, 1.165) is 20.1 Å². The summed E-state index contributed by atoms with van der Waals surface area (Å²) >= 11 is 6.98. The largest absolute Gasteiger partial charge is 0.229 e. The fraction of sp³-hybridized carbons (Fsp3) is 0.200. The van der Waals surface area contributed by atoms with Gasteiger partial charge in [-0.2, -0.15) is 0 Å². The van der Waals surface area contributed by atoms with E-state index in [-0.39, 0.29) is 0 Å². The predicted octanol–water partition coefficient (Wildman–Crippen LogP) is 5.36. The maximum Gasteiger partial charge on any atom is 0.128 e. The van der Waals surface area contributed by atoms with E-state index in [0.29, 0.717) is 0 Å². The fourth-order valence-corrected chi connectivity index (χ4v) is 4.33. The van der Waals surface area contributed by atoms with Gasteiger partial charge in [0.15, 0.2) is 0 Å². The van der Waals surface area contributed by atoms with Gasteiger partial charge in [-0.3, -0.25) is 0 Å². The monoisotopic (exact) mass is 364 g/mol. The summed E-state index contributed by atoms with van der Waals surface area (Å²) in [5, 5.41) is 2.30. The molecule has 0 fully saturated rings. The highest BCUT2D eigenvalue weighted by Gasteiger charge is 2.12. The third kappa shape index (κ3) is 2.75. The van der Waals surface area contributed by atoms with E-state index < -0.39 is 0 Å². The molecule has 0 saturated carbocycles. The van der Waals surface area contributed by atoms with Gasteiger partial charge in [0.2, 0.25) is 0 Å². The fourth-order valence-electron chi connectivity index (χ4n) is 1.99. The van der Waals surface area contributed by atoms with Crippen LogP contribution in [0.4, 0.5) is 0 Å². The molecule has 0 aliphatic carbocycles. The Kier molecular flexibility index (Phi) is 4.10. The molecule has 0 amide bonds. The summed E-state index contributed by atoms with van der Waals surface area (Å²) in [6.07, 6.45) is 1.67. The Morgan fingerprint density at radius 3 is 2.65 bits per heavy atom. The van der Waals surface area contributed by atoms with E-state index in [1.165, 1.54) is 21.4 Å². The van der Waals surface area contributed by atoms with Crippen molar-refractivity contribution in [1.82, 2.24) is 9.97 Å². The van der Waals surface area contributed by atoms with E-state index in [1.54, 1.807) is 29.4 Å². The van der Waals surface area contributed by atoms with Crippen molar-refractivity contribution in [2.75, 3.05) is 0 Å². The third-order valence-electron chi connectivity index (χ3n) is 3.22. The van der Waals surface area contributed by atoms with Crippen LogP contribution in [0.15, 0.2) is 40.1 Å². The molecule has 2 heterocycles. The molecule has 2 nitrogen and oxygen atoms in total. The number of fused-ring (bicyclic) bond motifs is 1. The molecule has 1 aromatic carbocycles. The van der Waals surface area contributed by atoms with Gasteiger partial charge < -0.3 is 0 Å². The zero-order chi connectivity index (χ0) is 14.1. The first-order valence-electron chi connectivity index (χ1n) is 6.23. The standard InChI is InChI=1S/C15H13BrN2S2/c1-9-10(2)20-15-13(9)14(17-8-18-15)19-7-11-3-5-12(16)6-4-11/h3-6,8H,7H2,1-2H3. The Labute approximate surface area is 134 Å². The normalized spacial score (nSPS) is 11.2. The molecule has 0 unspecified atom stereocenters. The average Bonchev–Trinajstić information content (AvgIpc) is 2.74. The molecule has 5 heteroatoms. The van der Waals surface area contributed by atoms with E-state index in [4.69, 9.17) is 0 Å². The molecule has 0 aliphatic rings. The van der Waals surface area contributed by atoms with Crippen molar-refractivity contribution < 1.29 is 0 Å². The second-order valence-corrected chi connectivity index (χ2v) is 7.64. The summed E-state index contributed by atoms with van der Waals surface area (Å²) < 4.78 is 1.11. The van der Waals surface area contributed by atoms with Crippen LogP contribution in [0.25, 0.3) is 10.2 Å². The summed E-state index contributed by atoms with van der Waals surface area (Å²) in [6, 6.07) is 8.43. The second kappa shape index (κ2) is 5.84. The van der Waals surface area contributed by atoms with Gasteiger partial charge >= 0.3 is 0 Å². The van der Waals surface area contributed by atoms with E-state index >= 15 is 0 Å². The molecule has 0 spiro atoms. The number of thioether (sulfide) groups is 1. The van der Waals surface area contributed by atoms with Crippen LogP contribution in [0, 0.1) is 13.8 Å². The van der Waals surface area contributed by atoms with Crippen LogP contribution in [0.2, 0.25) is 0 Å². The zero-order valence-corrected chi connectivity index (χ0v) is 14.4. The molecule has 0 atom stereocenters. The summed E-state index contributed by atoms with van der Waals surface area (Å²) in [5.74, 6) is 0.924. The molecule has 102 valence electrons. The van der Waals surface area contributed by atoms with Crippen LogP contribution in [-0.2, 0) is 5.75 Å². The first-order chi connectivity index (χ1) is 9.65. The van der Waals surface area contributed by atoms with Crippen molar-refractivity contribution in [3.8, 4) is 0 Å². The minimum absolute atomic E-state index is 0.924. The Bertz CT molecular complexity index is 750. The van der Waals surface area contributed by atoms with Gasteiger partial charge in [0.05, 0.1) is 0 Å². The summed E-state index contributed by atoms with van der Waals surface area (Å²) in [4.78, 5) is 11.3. The summed E-state index contributed by atoms with van der Waals surface area (Å²) in [7, 11) is 0. The molecule has 0 saturated heterocycles. The number of benzene rings is 1. The van der Waals surface area contributed by atoms with Crippen molar-refractivity contribution in [1.29, 1.82) is 0 Å². The van der Waals surface area contributed by atoms with Crippen molar-refractivity contribution in [3.63, 3.8) is 0 Å². The van der Waals surface area contributed by atoms with Crippen molar-refractivity contribution in [3.05, 3.63) is 51.1 Å². The molecule has 2 aromatic heterocycles. The number of thiophene rings is 1. The SMILES string of the molecule is Cc1sc2ncnc(SCc3ccc(Br)cc3)c2c1C. The lowest BCUT2D eigenvalue weighted by atomic mass is 10.2. The number of hydrogen-bond donors (Lipinski definition) is 0. The minimum atomic E-state index is 0.924. The highest BCUT2D eigenvalue weighted by Crippen LogP contribution is 2.35. The summed E-state index contributed by atoms with van der Waals surface area (Å²) in [5.41, 5.74) is 2.61. The molecule has 0 aliphatic heterocycles. The molecule has 3 aromatic rings. The third-order valence-corrected chi connectivity index (χ3v) is 5.92. The maximum absolute atomic E-state index is 4.46. The highest BCUT2D eigenvalue weighted by molar-refractivity contribution is 9.10. The molecule has 0 bridgehead atoms. The number of halogens is 1. The Hall–Kier alpha value is -0.910. The topological polar surface area (TPSA) is 25.8 Å². The Balaban J connectivity index is 1.89. The van der Waals surface area contributed by atoms with Crippen molar-refractivity contribution in [2.24, 2.45) is 0 Å². The minimum Gasteiger partial charge on any atom is -0.229 e. The van der Waals surface area contributed by atoms with Crippen LogP contribution in [0.1, 0.15) is 16.0 Å². The summed E-state index contributed by atoms with van der Waals surface area (Å²) in [6.45, 7) is 4.30. The number of hydrogen-bond acceptors (Lipinski definition) is 4. The van der Waals surface area contributed by atoms with Crippen molar-refractivity contribution >= 4 is 49.2 Å². The van der Waals surface area contributed by atoms with Gasteiger partial charge in [-0.25, -0.2) is 9.97 Å². The van der Waals surface area contributed by atoms with Crippen molar-refractivity contribution in [2.45, 2.75) is 24.6 Å². The molecular formula is C15H13BrN2S2. The molecule has 0 N–H and O–H groups in total. The Morgan fingerprint density at radius 2 is 1.90 bits per heavy atom. The van der Waals surface area contributed by atoms with Crippen LogP contribution in [0.5, 0.6) is 0 Å². The van der Waals surface area contributed by atoms with E-state index in [1.807, 2.05) is 0 Å². The van der Waals surface area contributed by atoms with Crippen LogP contribution in [-0.4, -0.2) is 9.97 Å². The lowest BCUT2D eigenvalue weighted by Gasteiger charge is -2.04. The highest BCUT2D eigenvalue weighted by atomic mass is 79.9. The average molecular weight is 365 g/mol. The van der Waals surface area contributed by atoms with Gasteiger partial charge in [0.1, 0.15) is 16.2 Å². The Morgan fingerprint density at radius 1 is 1.15 bits per heavy atom. The molecule has 20 heavy (non-hydrogen) atoms. The van der Waals surface area contributed by atoms with Gasteiger partial charge in [-0.05, 0) is 37.1 Å². The van der Waals surface area contributed by atoms with Crippen LogP contribution < -0.4 is 0 Å². The first-order valence-corrected chi connectivity index (χ1v) is 8.82. The van der Waals surface area contributed by atoms with Gasteiger partial charge in [-0.1, -0.05) is 28.1 Å². The van der Waals surface area contributed by atoms with Gasteiger partial charge in [-0.15, -0.1) is 23.1 Å². The lowest BCUT2D eigenvalue weighted by Crippen LogP contribution is -1.87. The van der Waals surface area contributed by atoms with Gasteiger partial charge in [0, 0.05) is 20.5 Å². The predicted molar refractivity (Wildman–Crippen MR) is 90.6 cm³/mol. The molecule has 3 rings (SSSR count). The van der Waals surface area contributed by atoms with Crippen LogP contribution in [0.3, 0.4) is 0 Å². The number of rotatable bonds is 3. The number of aromatic nitrogens is 2. The van der Waals surface area contributed by atoms with Gasteiger partial charge in [0.25, 0.3) is 0 Å². The number of aryl methyl sites for hydroxylation is 2. The maximum atomic E-state index is 4.46. The lowest BCUT2D eigenvalue weighted by molar-refractivity contribution is 1.10. The first kappa shape index (κ1) is 14.0. The zero-order valence-electron chi connectivity index (χ0n) is 11.2. The van der Waals surface area contributed by atoms with E-state index in [9.17, 15) is 0 Å². The second-order valence-electron chi connectivity index (χ2n) is 4.56. The smallest absolute Gasteiger partial charge is 0.128 e.